The van der Waals surface area contributed by atoms with Crippen LogP contribution in [0.4, 0.5) is 5.13 Å². The predicted molar refractivity (Wildman–Crippen MR) is 89.7 cm³/mol. The molecule has 0 saturated heterocycles. The van der Waals surface area contributed by atoms with Crippen molar-refractivity contribution in [3.63, 3.8) is 0 Å². The maximum atomic E-state index is 12.0. The minimum atomic E-state index is 0.00758. The number of nitrogens with zero attached hydrogens (tertiary/aromatic N) is 3. The number of hydrogen-bond acceptors (Lipinski definition) is 5. The molecule has 2 aromatic heterocycles. The monoisotopic (exact) mass is 318 g/mol. The van der Waals surface area contributed by atoms with E-state index in [2.05, 4.69) is 22.3 Å². The highest BCUT2D eigenvalue weighted by Crippen LogP contribution is 2.30. The van der Waals surface area contributed by atoms with Crippen molar-refractivity contribution < 1.29 is 0 Å². The Morgan fingerprint density at radius 3 is 2.55 bits per heavy atom. The van der Waals surface area contributed by atoms with Gasteiger partial charge in [0.2, 0.25) is 0 Å². The number of nitrogens with one attached hydrogen (secondary N) is 1. The first-order valence-corrected chi connectivity index (χ1v) is 8.61. The number of thiazole rings is 1. The van der Waals surface area contributed by atoms with Crippen molar-refractivity contribution in [2.45, 2.75) is 58.5 Å². The molecule has 118 valence electrons. The van der Waals surface area contributed by atoms with Gasteiger partial charge in [-0.3, -0.25) is 4.79 Å². The Bertz CT molecular complexity index is 694. The summed E-state index contributed by atoms with van der Waals surface area (Å²) in [6, 6.07) is 4.07. The average Bonchev–Trinajstić information content (AvgIpc) is 2.81. The van der Waals surface area contributed by atoms with E-state index in [1.807, 2.05) is 13.8 Å². The first-order valence-electron chi connectivity index (χ1n) is 7.80. The summed E-state index contributed by atoms with van der Waals surface area (Å²) in [6.45, 7) is 6.07. The summed E-state index contributed by atoms with van der Waals surface area (Å²) >= 11 is 1.72. The molecule has 0 unspecified atom stereocenters. The summed E-state index contributed by atoms with van der Waals surface area (Å²) in [6.07, 6.45) is 4.06. The lowest BCUT2D eigenvalue weighted by atomic mass is 9.91. The van der Waals surface area contributed by atoms with Crippen LogP contribution >= 0.6 is 11.3 Å². The molecule has 2 heterocycles. The Balaban J connectivity index is 1.62. The lowest BCUT2D eigenvalue weighted by Crippen LogP contribution is -2.33. The van der Waals surface area contributed by atoms with Crippen molar-refractivity contribution in [1.29, 1.82) is 0 Å². The van der Waals surface area contributed by atoms with E-state index >= 15 is 0 Å². The lowest BCUT2D eigenvalue weighted by molar-refractivity contribution is 0.302. The van der Waals surface area contributed by atoms with Crippen molar-refractivity contribution in [3.8, 4) is 0 Å². The number of hydrogen-bond donors (Lipinski definition) is 1. The van der Waals surface area contributed by atoms with Gasteiger partial charge in [0.1, 0.15) is 0 Å². The third kappa shape index (κ3) is 3.21. The summed E-state index contributed by atoms with van der Waals surface area (Å²) in [7, 11) is 0. The first-order chi connectivity index (χ1) is 10.5. The second-order valence-electron chi connectivity index (χ2n) is 6.07. The summed E-state index contributed by atoms with van der Waals surface area (Å²) in [5.74, 6) is 0. The predicted octanol–water partition coefficient (Wildman–Crippen LogP) is 3.22. The minimum absolute atomic E-state index is 0.00758. The fourth-order valence-corrected chi connectivity index (χ4v) is 3.85. The van der Waals surface area contributed by atoms with E-state index in [1.165, 1.54) is 4.88 Å². The molecule has 1 aliphatic carbocycles. The molecule has 0 radical (unpaired) electrons. The molecule has 0 atom stereocenters. The van der Waals surface area contributed by atoms with Gasteiger partial charge in [-0.2, -0.15) is 5.10 Å². The van der Waals surface area contributed by atoms with Crippen LogP contribution in [0.1, 0.15) is 48.0 Å². The fraction of sp³-hybridized carbons (Fsp3) is 0.562. The summed E-state index contributed by atoms with van der Waals surface area (Å²) < 4.78 is 1.67. The van der Waals surface area contributed by atoms with Crippen molar-refractivity contribution in [2.75, 3.05) is 5.32 Å². The van der Waals surface area contributed by atoms with Crippen LogP contribution < -0.4 is 10.9 Å². The molecule has 6 heteroatoms. The van der Waals surface area contributed by atoms with Crippen molar-refractivity contribution in [1.82, 2.24) is 14.8 Å². The molecular weight excluding hydrogens is 296 g/mol. The topological polar surface area (TPSA) is 59.8 Å². The Morgan fingerprint density at radius 1 is 1.18 bits per heavy atom. The molecule has 0 aromatic carbocycles. The van der Waals surface area contributed by atoms with Crippen LogP contribution in [-0.2, 0) is 0 Å². The smallest absolute Gasteiger partial charge is 0.267 e. The molecule has 1 N–H and O–H groups in total. The Kier molecular flexibility index (Phi) is 4.29. The molecule has 0 aliphatic heterocycles. The van der Waals surface area contributed by atoms with Crippen molar-refractivity contribution in [2.24, 2.45) is 0 Å². The second kappa shape index (κ2) is 6.20. The summed E-state index contributed by atoms with van der Waals surface area (Å²) in [4.78, 5) is 17.8. The van der Waals surface area contributed by atoms with E-state index in [1.54, 1.807) is 28.2 Å². The molecule has 5 nitrogen and oxygen atoms in total. The quantitative estimate of drug-likeness (QED) is 0.944. The maximum Gasteiger partial charge on any atom is 0.267 e. The molecule has 1 aliphatic rings. The first kappa shape index (κ1) is 15.2. The normalized spacial score (nSPS) is 21.8. The molecule has 3 rings (SSSR count). The van der Waals surface area contributed by atoms with Gasteiger partial charge in [-0.15, -0.1) is 11.3 Å². The molecule has 0 bridgehead atoms. The van der Waals surface area contributed by atoms with Gasteiger partial charge in [0, 0.05) is 17.0 Å². The van der Waals surface area contributed by atoms with Gasteiger partial charge < -0.3 is 5.32 Å². The highest BCUT2D eigenvalue weighted by atomic mass is 32.1. The van der Waals surface area contributed by atoms with Gasteiger partial charge in [0.15, 0.2) is 5.13 Å². The van der Waals surface area contributed by atoms with Crippen LogP contribution in [0.25, 0.3) is 0 Å². The molecule has 2 aromatic rings. The Morgan fingerprint density at radius 2 is 1.91 bits per heavy atom. The maximum absolute atomic E-state index is 12.0. The summed E-state index contributed by atoms with van der Waals surface area (Å²) in [5.41, 5.74) is 2.01. The standard InChI is InChI=1S/C16H22N4OS/c1-10-4-9-15(21)20(19-10)14-7-5-13(6-8-14)18-16-17-11(2)12(3)22-16/h4,9,13-14H,5-8H2,1-3H3,(H,17,18). The van der Waals surface area contributed by atoms with Crippen molar-refractivity contribution in [3.05, 3.63) is 38.8 Å². The highest BCUT2D eigenvalue weighted by Gasteiger charge is 2.24. The number of anilines is 1. The fourth-order valence-electron chi connectivity index (χ4n) is 2.96. The van der Waals surface area contributed by atoms with Gasteiger partial charge in [-0.1, -0.05) is 0 Å². The van der Waals surface area contributed by atoms with Gasteiger partial charge in [-0.25, -0.2) is 9.67 Å². The van der Waals surface area contributed by atoms with Gasteiger partial charge >= 0.3 is 0 Å². The van der Waals surface area contributed by atoms with Crippen LogP contribution in [0, 0.1) is 20.8 Å². The van der Waals surface area contributed by atoms with Crippen molar-refractivity contribution >= 4 is 16.5 Å². The van der Waals surface area contributed by atoms with E-state index in [9.17, 15) is 4.79 Å². The van der Waals surface area contributed by atoms with Gasteiger partial charge in [0.05, 0.1) is 17.4 Å². The van der Waals surface area contributed by atoms with Crippen LogP contribution in [0.2, 0.25) is 0 Å². The highest BCUT2D eigenvalue weighted by molar-refractivity contribution is 7.15. The van der Waals surface area contributed by atoms with E-state index in [0.29, 0.717) is 6.04 Å². The molecular formula is C16H22N4OS. The van der Waals surface area contributed by atoms with Gasteiger partial charge in [-0.05, 0) is 52.5 Å². The molecule has 0 spiro atoms. The largest absolute Gasteiger partial charge is 0.359 e. The van der Waals surface area contributed by atoms with E-state index < -0.39 is 0 Å². The number of rotatable bonds is 3. The van der Waals surface area contributed by atoms with Crippen LogP contribution in [0.5, 0.6) is 0 Å². The number of aromatic nitrogens is 3. The Hall–Kier alpha value is -1.69. The third-order valence-corrected chi connectivity index (χ3v) is 5.36. The van der Waals surface area contributed by atoms with E-state index in [-0.39, 0.29) is 11.6 Å². The third-order valence-electron chi connectivity index (χ3n) is 4.36. The Labute approximate surface area is 134 Å². The van der Waals surface area contributed by atoms with Crippen LogP contribution in [0.3, 0.4) is 0 Å². The van der Waals surface area contributed by atoms with Gasteiger partial charge in [0.25, 0.3) is 5.56 Å². The lowest BCUT2D eigenvalue weighted by Gasteiger charge is -2.29. The average molecular weight is 318 g/mol. The zero-order valence-corrected chi connectivity index (χ0v) is 14.1. The molecule has 0 amide bonds. The number of aryl methyl sites for hydroxylation is 3. The molecule has 1 fully saturated rings. The van der Waals surface area contributed by atoms with Crippen LogP contribution in [-0.4, -0.2) is 20.8 Å². The van der Waals surface area contributed by atoms with E-state index in [0.717, 1.165) is 42.2 Å². The van der Waals surface area contributed by atoms with E-state index in [4.69, 9.17) is 0 Å². The zero-order valence-electron chi connectivity index (χ0n) is 13.3. The SMILES string of the molecule is Cc1ccc(=O)n(C2CCC(Nc3nc(C)c(C)s3)CC2)n1. The molecule has 22 heavy (non-hydrogen) atoms. The molecule has 1 saturated carbocycles. The second-order valence-corrected chi connectivity index (χ2v) is 7.27. The van der Waals surface area contributed by atoms with Crippen LogP contribution in [0.15, 0.2) is 16.9 Å². The minimum Gasteiger partial charge on any atom is -0.359 e. The summed E-state index contributed by atoms with van der Waals surface area (Å²) in [5, 5.41) is 8.95. The zero-order chi connectivity index (χ0) is 15.7.